The summed E-state index contributed by atoms with van der Waals surface area (Å²) in [6.07, 6.45) is 4.91. The van der Waals surface area contributed by atoms with Crippen molar-refractivity contribution in [3.63, 3.8) is 0 Å². The molecule has 0 saturated carbocycles. The molecule has 3 rings (SSSR count). The van der Waals surface area contributed by atoms with Crippen LogP contribution in [0.2, 0.25) is 0 Å². The molecule has 0 radical (unpaired) electrons. The minimum Gasteiger partial charge on any atom is -0.341 e. The molecule has 0 fully saturated rings. The first-order valence-corrected chi connectivity index (χ1v) is 9.84. The van der Waals surface area contributed by atoms with E-state index >= 15 is 0 Å². The number of rotatable bonds is 7. The van der Waals surface area contributed by atoms with Crippen LogP contribution in [-0.2, 0) is 13.0 Å². The molecule has 3 aromatic rings. The molecule has 3 heterocycles. The Kier molecular flexibility index (Phi) is 5.95. The zero-order valence-corrected chi connectivity index (χ0v) is 17.0. The van der Waals surface area contributed by atoms with E-state index in [4.69, 9.17) is 0 Å². The molecule has 3 aromatic heterocycles. The molecule has 0 N–H and O–H groups in total. The van der Waals surface area contributed by atoms with Crippen LogP contribution in [0.1, 0.15) is 40.1 Å². The van der Waals surface area contributed by atoms with Crippen molar-refractivity contribution in [1.29, 1.82) is 0 Å². The van der Waals surface area contributed by atoms with E-state index in [2.05, 4.69) is 26.1 Å². The Morgan fingerprint density at radius 3 is 2.63 bits per heavy atom. The zero-order valence-electron chi connectivity index (χ0n) is 16.1. The number of thiazole rings is 1. The summed E-state index contributed by atoms with van der Waals surface area (Å²) >= 11 is 1.36. The molecule has 142 valence electrons. The first kappa shape index (κ1) is 19.2. The minimum atomic E-state index is -0.0000936. The summed E-state index contributed by atoms with van der Waals surface area (Å²) < 4.78 is 1.99. The molecule has 8 heteroatoms. The Morgan fingerprint density at radius 2 is 2.00 bits per heavy atom. The third-order valence-electron chi connectivity index (χ3n) is 4.30. The quantitative estimate of drug-likeness (QED) is 0.625. The average molecular weight is 385 g/mol. The first-order chi connectivity index (χ1) is 13.0. The van der Waals surface area contributed by atoms with Crippen LogP contribution in [0.5, 0.6) is 0 Å². The van der Waals surface area contributed by atoms with Crippen molar-refractivity contribution >= 4 is 17.2 Å². The second-order valence-corrected chi connectivity index (χ2v) is 7.45. The SMILES string of the molecule is CCc1nc(-c2ncccn2)sc1C(=O)N(C)CCCn1nc(C)cc1C. The Morgan fingerprint density at radius 1 is 1.26 bits per heavy atom. The molecule has 0 unspecified atom stereocenters. The van der Waals surface area contributed by atoms with Gasteiger partial charge in [-0.05, 0) is 38.8 Å². The topological polar surface area (TPSA) is 76.8 Å². The summed E-state index contributed by atoms with van der Waals surface area (Å²) in [5.74, 6) is 0.559. The van der Waals surface area contributed by atoms with Crippen molar-refractivity contribution in [2.45, 2.75) is 40.2 Å². The Labute approximate surface area is 163 Å². The molecular formula is C19H24N6OS. The van der Waals surface area contributed by atoms with Gasteiger partial charge >= 0.3 is 0 Å². The van der Waals surface area contributed by atoms with Crippen molar-refractivity contribution in [2.24, 2.45) is 0 Å². The normalized spacial score (nSPS) is 11.0. The third-order valence-corrected chi connectivity index (χ3v) is 5.38. The van der Waals surface area contributed by atoms with Crippen LogP contribution in [-0.4, -0.2) is 49.1 Å². The molecule has 0 aliphatic carbocycles. The van der Waals surface area contributed by atoms with Crippen molar-refractivity contribution < 1.29 is 4.79 Å². The van der Waals surface area contributed by atoms with E-state index in [1.165, 1.54) is 11.3 Å². The van der Waals surface area contributed by atoms with Crippen molar-refractivity contribution in [3.8, 4) is 10.8 Å². The Hall–Kier alpha value is -2.61. The highest BCUT2D eigenvalue weighted by Gasteiger charge is 2.21. The number of carbonyl (C=O) groups excluding carboxylic acids is 1. The number of carbonyl (C=O) groups is 1. The molecule has 1 amide bonds. The monoisotopic (exact) mass is 384 g/mol. The van der Waals surface area contributed by atoms with Gasteiger partial charge in [-0.15, -0.1) is 11.3 Å². The molecule has 0 bridgehead atoms. The fourth-order valence-corrected chi connectivity index (χ4v) is 3.99. The number of aromatic nitrogens is 5. The largest absolute Gasteiger partial charge is 0.341 e. The molecular weight excluding hydrogens is 360 g/mol. The smallest absolute Gasteiger partial charge is 0.265 e. The molecule has 7 nitrogen and oxygen atoms in total. The lowest BCUT2D eigenvalue weighted by Gasteiger charge is -2.17. The van der Waals surface area contributed by atoms with Crippen molar-refractivity contribution in [3.05, 3.63) is 46.5 Å². The Balaban J connectivity index is 1.67. The van der Waals surface area contributed by atoms with E-state index in [1.807, 2.05) is 32.5 Å². The Bertz CT molecular complexity index is 918. The van der Waals surface area contributed by atoms with E-state index in [-0.39, 0.29) is 5.91 Å². The number of aryl methyl sites for hydroxylation is 4. The highest BCUT2D eigenvalue weighted by molar-refractivity contribution is 7.17. The van der Waals surface area contributed by atoms with E-state index < -0.39 is 0 Å². The average Bonchev–Trinajstić information content (AvgIpc) is 3.24. The highest BCUT2D eigenvalue weighted by atomic mass is 32.1. The fraction of sp³-hybridized carbons (Fsp3) is 0.421. The van der Waals surface area contributed by atoms with Gasteiger partial charge in [0.15, 0.2) is 10.8 Å². The second kappa shape index (κ2) is 8.39. The van der Waals surface area contributed by atoms with Gasteiger partial charge in [-0.25, -0.2) is 15.0 Å². The summed E-state index contributed by atoms with van der Waals surface area (Å²) in [5, 5.41) is 5.15. The van der Waals surface area contributed by atoms with E-state index in [0.29, 0.717) is 28.7 Å². The van der Waals surface area contributed by atoms with E-state index in [1.54, 1.807) is 23.4 Å². The lowest BCUT2D eigenvalue weighted by atomic mass is 10.2. The summed E-state index contributed by atoms with van der Waals surface area (Å²) in [6, 6.07) is 3.83. The predicted octanol–water partition coefficient (Wildman–Crippen LogP) is 3.14. The van der Waals surface area contributed by atoms with Gasteiger partial charge in [-0.2, -0.15) is 5.10 Å². The van der Waals surface area contributed by atoms with Gasteiger partial charge in [0.1, 0.15) is 4.88 Å². The second-order valence-electron chi connectivity index (χ2n) is 6.45. The number of hydrogen-bond acceptors (Lipinski definition) is 6. The summed E-state index contributed by atoms with van der Waals surface area (Å²) in [6.45, 7) is 7.50. The molecule has 0 saturated heterocycles. The van der Waals surface area contributed by atoms with Crippen LogP contribution in [0.4, 0.5) is 0 Å². The molecule has 0 aromatic carbocycles. The first-order valence-electron chi connectivity index (χ1n) is 9.03. The van der Waals surface area contributed by atoms with Gasteiger partial charge in [0, 0.05) is 38.2 Å². The van der Waals surface area contributed by atoms with Crippen LogP contribution < -0.4 is 0 Å². The lowest BCUT2D eigenvalue weighted by molar-refractivity contribution is 0.0795. The van der Waals surface area contributed by atoms with Gasteiger partial charge in [-0.1, -0.05) is 6.92 Å². The number of hydrogen-bond donors (Lipinski definition) is 0. The highest BCUT2D eigenvalue weighted by Crippen LogP contribution is 2.27. The van der Waals surface area contributed by atoms with E-state index in [0.717, 1.165) is 30.0 Å². The fourth-order valence-electron chi connectivity index (χ4n) is 2.90. The van der Waals surface area contributed by atoms with Crippen LogP contribution in [0, 0.1) is 13.8 Å². The maximum Gasteiger partial charge on any atom is 0.265 e. The maximum absolute atomic E-state index is 12.9. The number of amides is 1. The van der Waals surface area contributed by atoms with Gasteiger partial charge < -0.3 is 4.90 Å². The van der Waals surface area contributed by atoms with Gasteiger partial charge in [0.25, 0.3) is 5.91 Å². The predicted molar refractivity (Wildman–Crippen MR) is 106 cm³/mol. The van der Waals surface area contributed by atoms with E-state index in [9.17, 15) is 4.79 Å². The van der Waals surface area contributed by atoms with Gasteiger partial charge in [-0.3, -0.25) is 9.48 Å². The molecule has 0 spiro atoms. The number of nitrogens with zero attached hydrogens (tertiary/aromatic N) is 6. The molecule has 0 aliphatic rings. The third kappa shape index (κ3) is 4.39. The maximum atomic E-state index is 12.9. The van der Waals surface area contributed by atoms with Crippen LogP contribution in [0.15, 0.2) is 24.5 Å². The van der Waals surface area contributed by atoms with Crippen molar-refractivity contribution in [2.75, 3.05) is 13.6 Å². The zero-order chi connectivity index (χ0) is 19.4. The van der Waals surface area contributed by atoms with Crippen LogP contribution >= 0.6 is 11.3 Å². The van der Waals surface area contributed by atoms with Gasteiger partial charge in [0.2, 0.25) is 0 Å². The standard InChI is InChI=1S/C19H24N6OS/c1-5-15-16(27-18(22-15)17-20-8-6-9-21-17)19(26)24(4)10-7-11-25-14(3)12-13(2)23-25/h6,8-9,12H,5,7,10-11H2,1-4H3. The summed E-state index contributed by atoms with van der Waals surface area (Å²) in [4.78, 5) is 28.4. The molecule has 0 aliphatic heterocycles. The minimum absolute atomic E-state index is 0.0000936. The van der Waals surface area contributed by atoms with Gasteiger partial charge in [0.05, 0.1) is 11.4 Å². The molecule has 27 heavy (non-hydrogen) atoms. The summed E-state index contributed by atoms with van der Waals surface area (Å²) in [5.41, 5.74) is 2.97. The van der Waals surface area contributed by atoms with Crippen LogP contribution in [0.25, 0.3) is 10.8 Å². The van der Waals surface area contributed by atoms with Crippen molar-refractivity contribution in [1.82, 2.24) is 29.6 Å². The molecule has 0 atom stereocenters. The summed E-state index contributed by atoms with van der Waals surface area (Å²) in [7, 11) is 1.83. The lowest BCUT2D eigenvalue weighted by Crippen LogP contribution is -2.28. The van der Waals surface area contributed by atoms with Crippen LogP contribution in [0.3, 0.4) is 0 Å².